The molecule has 1 N–H and O–H groups in total. The predicted octanol–water partition coefficient (Wildman–Crippen LogP) is 4.26. The first kappa shape index (κ1) is 28.7. The van der Waals surface area contributed by atoms with Crippen LogP contribution in [0.3, 0.4) is 0 Å². The summed E-state index contributed by atoms with van der Waals surface area (Å²) in [6, 6.07) is 26.9. The van der Waals surface area contributed by atoms with Crippen molar-refractivity contribution >= 4 is 5.91 Å². The maximum atomic E-state index is 12.2. The van der Waals surface area contributed by atoms with Crippen molar-refractivity contribution in [1.82, 2.24) is 5.32 Å². The monoisotopic (exact) mass is 535 g/mol. The van der Waals surface area contributed by atoms with Crippen LogP contribution in [0.5, 0.6) is 5.75 Å². The number of nitrogens with one attached hydrogen (secondary N) is 1. The lowest BCUT2D eigenvalue weighted by atomic mass is 9.96. The highest BCUT2D eigenvalue weighted by Gasteiger charge is 2.48. The summed E-state index contributed by atoms with van der Waals surface area (Å²) >= 11 is 0. The molecule has 1 aliphatic heterocycles. The number of carbonyl (C=O) groups is 1. The van der Waals surface area contributed by atoms with E-state index in [1.54, 1.807) is 14.2 Å². The second-order valence-electron chi connectivity index (χ2n) is 9.39. The quantitative estimate of drug-likeness (QED) is 0.350. The molecule has 1 fully saturated rings. The summed E-state index contributed by atoms with van der Waals surface area (Å²) < 4.78 is 36.3. The molecule has 208 valence electrons. The third kappa shape index (κ3) is 8.36. The molecule has 4 rings (SSSR count). The molecule has 8 nitrogen and oxygen atoms in total. The van der Waals surface area contributed by atoms with E-state index < -0.39 is 30.6 Å². The fourth-order valence-corrected chi connectivity index (χ4v) is 4.58. The molecule has 1 aliphatic rings. The maximum Gasteiger partial charge on any atom is 0.217 e. The Bertz CT molecular complexity index is 1130. The number of benzene rings is 3. The molecule has 8 heteroatoms. The average Bonchev–Trinajstić information content (AvgIpc) is 2.97. The molecule has 0 aromatic heterocycles. The van der Waals surface area contributed by atoms with Crippen molar-refractivity contribution < 1.29 is 33.2 Å². The molecule has 0 unspecified atom stereocenters. The fraction of sp³-hybridized carbons (Fsp3) is 0.387. The number of hydrogen-bond donors (Lipinski definition) is 1. The first-order valence-electron chi connectivity index (χ1n) is 13.0. The zero-order chi connectivity index (χ0) is 27.5. The van der Waals surface area contributed by atoms with Gasteiger partial charge < -0.3 is 33.7 Å². The van der Waals surface area contributed by atoms with Crippen molar-refractivity contribution in [2.24, 2.45) is 0 Å². The van der Waals surface area contributed by atoms with Crippen LogP contribution in [0.15, 0.2) is 84.9 Å². The van der Waals surface area contributed by atoms with Gasteiger partial charge in [0.15, 0.2) is 6.29 Å². The molecular weight excluding hydrogens is 498 g/mol. The number of carbonyl (C=O) groups excluding carboxylic acids is 1. The normalized spacial score (nSPS) is 22.8. The molecule has 0 spiro atoms. The van der Waals surface area contributed by atoms with E-state index in [1.807, 2.05) is 84.9 Å². The average molecular weight is 536 g/mol. The molecule has 0 saturated carbocycles. The second-order valence-corrected chi connectivity index (χ2v) is 9.39. The van der Waals surface area contributed by atoms with Crippen LogP contribution in [-0.4, -0.2) is 57.4 Å². The van der Waals surface area contributed by atoms with Crippen LogP contribution in [0.2, 0.25) is 0 Å². The third-order valence-electron chi connectivity index (χ3n) is 6.53. The van der Waals surface area contributed by atoms with Gasteiger partial charge in [0.2, 0.25) is 5.91 Å². The van der Waals surface area contributed by atoms with Crippen molar-refractivity contribution in [2.45, 2.75) is 57.4 Å². The first-order chi connectivity index (χ1) is 19.1. The van der Waals surface area contributed by atoms with Gasteiger partial charge in [-0.05, 0) is 28.8 Å². The Morgan fingerprint density at radius 2 is 1.33 bits per heavy atom. The van der Waals surface area contributed by atoms with Crippen molar-refractivity contribution in [3.05, 3.63) is 102 Å². The molecule has 3 aromatic rings. The van der Waals surface area contributed by atoms with E-state index in [9.17, 15) is 4.79 Å². The van der Waals surface area contributed by atoms with Gasteiger partial charge in [-0.25, -0.2) is 0 Å². The van der Waals surface area contributed by atoms with Gasteiger partial charge in [0.25, 0.3) is 0 Å². The molecule has 5 atom stereocenters. The zero-order valence-electron chi connectivity index (χ0n) is 22.7. The SMILES string of the molecule is COc1ccc(CO[C@@H]2[C@@H](NC(C)=O)[C@@H](OC)O[C@H](COCc3ccccc3)[C@H]2OCc2ccccc2)cc1. The maximum absolute atomic E-state index is 12.2. The molecular formula is C31H37NO7. The second kappa shape index (κ2) is 14.8. The van der Waals surface area contributed by atoms with Gasteiger partial charge in [0.05, 0.1) is 33.5 Å². The Labute approximate surface area is 230 Å². The summed E-state index contributed by atoms with van der Waals surface area (Å²) in [7, 11) is 3.18. The van der Waals surface area contributed by atoms with Gasteiger partial charge in [-0.2, -0.15) is 0 Å². The first-order valence-corrected chi connectivity index (χ1v) is 13.0. The summed E-state index contributed by atoms with van der Waals surface area (Å²) in [6.07, 6.45) is -2.39. The van der Waals surface area contributed by atoms with Gasteiger partial charge in [0.1, 0.15) is 30.1 Å². The molecule has 3 aromatic carbocycles. The minimum Gasteiger partial charge on any atom is -0.497 e. The standard InChI is InChI=1S/C31H37NO7/c1-22(33)32-28-30(38-20-25-14-16-26(34-2)17-15-25)29(37-19-24-12-8-5-9-13-24)27(39-31(28)35-3)21-36-18-23-10-6-4-7-11-23/h4-17,27-31H,18-21H2,1-3H3,(H,32,33)/t27-,28-,29-,30-,31+/m1/s1. The number of hydrogen-bond acceptors (Lipinski definition) is 7. The predicted molar refractivity (Wildman–Crippen MR) is 146 cm³/mol. The third-order valence-corrected chi connectivity index (χ3v) is 6.53. The summed E-state index contributed by atoms with van der Waals surface area (Å²) in [5.74, 6) is 0.546. The van der Waals surface area contributed by atoms with Crippen molar-refractivity contribution in [3.63, 3.8) is 0 Å². The number of amides is 1. The van der Waals surface area contributed by atoms with Crippen LogP contribution in [0.25, 0.3) is 0 Å². The van der Waals surface area contributed by atoms with Crippen molar-refractivity contribution in [1.29, 1.82) is 0 Å². The Morgan fingerprint density at radius 1 is 0.769 bits per heavy atom. The van der Waals surface area contributed by atoms with E-state index >= 15 is 0 Å². The van der Waals surface area contributed by atoms with Crippen molar-refractivity contribution in [2.75, 3.05) is 20.8 Å². The van der Waals surface area contributed by atoms with Crippen molar-refractivity contribution in [3.8, 4) is 5.75 Å². The smallest absolute Gasteiger partial charge is 0.217 e. The minimum absolute atomic E-state index is 0.218. The van der Waals surface area contributed by atoms with Crippen LogP contribution < -0.4 is 10.1 Å². The zero-order valence-corrected chi connectivity index (χ0v) is 22.7. The van der Waals surface area contributed by atoms with Gasteiger partial charge >= 0.3 is 0 Å². The van der Waals surface area contributed by atoms with E-state index in [1.165, 1.54) is 6.92 Å². The summed E-state index contributed by atoms with van der Waals surface area (Å²) in [6.45, 7) is 2.78. The van der Waals surface area contributed by atoms with Crippen LogP contribution in [0, 0.1) is 0 Å². The summed E-state index contributed by atoms with van der Waals surface area (Å²) in [5, 5.41) is 2.96. The van der Waals surface area contributed by atoms with Crippen LogP contribution >= 0.6 is 0 Å². The van der Waals surface area contributed by atoms with Crippen LogP contribution in [0.1, 0.15) is 23.6 Å². The largest absolute Gasteiger partial charge is 0.497 e. The van der Waals surface area contributed by atoms with Gasteiger partial charge in [-0.15, -0.1) is 0 Å². The molecule has 39 heavy (non-hydrogen) atoms. The highest BCUT2D eigenvalue weighted by atomic mass is 16.7. The molecule has 1 amide bonds. The Hall–Kier alpha value is -3.27. The number of methoxy groups -OCH3 is 2. The molecule has 1 heterocycles. The van der Waals surface area contributed by atoms with E-state index in [0.29, 0.717) is 19.8 Å². The molecule has 0 radical (unpaired) electrons. The van der Waals surface area contributed by atoms with Gasteiger partial charge in [0, 0.05) is 14.0 Å². The van der Waals surface area contributed by atoms with Crippen LogP contribution in [-0.2, 0) is 48.3 Å². The lowest BCUT2D eigenvalue weighted by molar-refractivity contribution is -0.284. The van der Waals surface area contributed by atoms with Gasteiger partial charge in [-0.3, -0.25) is 4.79 Å². The van der Waals surface area contributed by atoms with E-state index in [0.717, 1.165) is 22.4 Å². The lowest BCUT2D eigenvalue weighted by Gasteiger charge is -2.45. The highest BCUT2D eigenvalue weighted by Crippen LogP contribution is 2.29. The molecule has 0 bridgehead atoms. The Balaban J connectivity index is 1.56. The Morgan fingerprint density at radius 3 is 1.90 bits per heavy atom. The highest BCUT2D eigenvalue weighted by molar-refractivity contribution is 5.73. The Kier molecular flexibility index (Phi) is 10.9. The van der Waals surface area contributed by atoms with Crippen LogP contribution in [0.4, 0.5) is 0 Å². The summed E-state index contributed by atoms with van der Waals surface area (Å²) in [5.41, 5.74) is 3.03. The van der Waals surface area contributed by atoms with E-state index in [2.05, 4.69) is 5.32 Å². The number of ether oxygens (including phenoxy) is 6. The topological polar surface area (TPSA) is 84.5 Å². The van der Waals surface area contributed by atoms with E-state index in [-0.39, 0.29) is 12.5 Å². The minimum atomic E-state index is -0.753. The van der Waals surface area contributed by atoms with Gasteiger partial charge in [-0.1, -0.05) is 72.8 Å². The number of rotatable bonds is 13. The fourth-order valence-electron chi connectivity index (χ4n) is 4.58. The molecule has 1 saturated heterocycles. The lowest BCUT2D eigenvalue weighted by Crippen LogP contribution is -2.65. The van der Waals surface area contributed by atoms with E-state index in [4.69, 9.17) is 28.4 Å². The molecule has 0 aliphatic carbocycles. The summed E-state index contributed by atoms with van der Waals surface area (Å²) in [4.78, 5) is 12.2.